The van der Waals surface area contributed by atoms with Gasteiger partial charge in [0.05, 0.1) is 17.1 Å². The van der Waals surface area contributed by atoms with Gasteiger partial charge in [0.25, 0.3) is 11.6 Å². The maximum absolute atomic E-state index is 12.7. The Morgan fingerprint density at radius 1 is 1.11 bits per heavy atom. The molecule has 3 aromatic carbocycles. The Kier molecular flexibility index (Phi) is 8.39. The molecule has 36 heavy (non-hydrogen) atoms. The molecule has 0 fully saturated rings. The second kappa shape index (κ2) is 11.6. The molecule has 0 radical (unpaired) electrons. The van der Waals surface area contributed by atoms with Crippen LogP contribution in [0.25, 0.3) is 6.08 Å². The number of hydrogen-bond donors (Lipinski definition) is 1. The van der Waals surface area contributed by atoms with Gasteiger partial charge >= 0.3 is 5.97 Å². The lowest BCUT2D eigenvalue weighted by Gasteiger charge is -2.12. The lowest BCUT2D eigenvalue weighted by Crippen LogP contribution is -2.14. The first-order chi connectivity index (χ1) is 17.2. The van der Waals surface area contributed by atoms with Crippen LogP contribution in [0.4, 0.5) is 11.4 Å². The van der Waals surface area contributed by atoms with Gasteiger partial charge in [-0.15, -0.1) is 0 Å². The molecule has 10 heteroatoms. The van der Waals surface area contributed by atoms with Crippen molar-refractivity contribution in [3.63, 3.8) is 0 Å². The Bertz CT molecular complexity index is 1390. The van der Waals surface area contributed by atoms with Crippen LogP contribution in [-0.2, 0) is 4.79 Å². The van der Waals surface area contributed by atoms with Crippen LogP contribution in [0.1, 0.15) is 28.4 Å². The van der Waals surface area contributed by atoms with Crippen LogP contribution in [0.2, 0.25) is 5.02 Å². The molecule has 0 unspecified atom stereocenters. The van der Waals surface area contributed by atoms with Crippen molar-refractivity contribution in [2.45, 2.75) is 13.8 Å². The molecule has 9 nitrogen and oxygen atoms in total. The van der Waals surface area contributed by atoms with Gasteiger partial charge in [0, 0.05) is 11.1 Å². The van der Waals surface area contributed by atoms with E-state index in [1.54, 1.807) is 38.1 Å². The Morgan fingerprint density at radius 3 is 2.47 bits per heavy atom. The van der Waals surface area contributed by atoms with Gasteiger partial charge < -0.3 is 14.8 Å². The van der Waals surface area contributed by atoms with Gasteiger partial charge in [-0.3, -0.25) is 14.9 Å². The van der Waals surface area contributed by atoms with E-state index in [4.69, 9.17) is 21.1 Å². The quantitative estimate of drug-likeness (QED) is 0.103. The number of benzene rings is 3. The van der Waals surface area contributed by atoms with Crippen LogP contribution in [0.5, 0.6) is 11.5 Å². The van der Waals surface area contributed by atoms with E-state index >= 15 is 0 Å². The molecule has 0 spiro atoms. The lowest BCUT2D eigenvalue weighted by atomic mass is 10.1. The van der Waals surface area contributed by atoms with Crippen LogP contribution in [0.3, 0.4) is 0 Å². The number of hydrogen-bond acceptors (Lipinski definition) is 7. The number of carbonyl (C=O) groups is 2. The molecule has 0 saturated heterocycles. The monoisotopic (exact) mass is 505 g/mol. The minimum absolute atomic E-state index is 0.0313. The molecule has 0 heterocycles. The molecule has 3 aromatic rings. The minimum atomic E-state index is -0.819. The number of rotatable bonds is 8. The summed E-state index contributed by atoms with van der Waals surface area (Å²) in [6, 6.07) is 16.8. The van der Waals surface area contributed by atoms with Gasteiger partial charge in [0.1, 0.15) is 17.3 Å². The van der Waals surface area contributed by atoms with Crippen LogP contribution < -0.4 is 14.8 Å². The molecular weight excluding hydrogens is 486 g/mol. The van der Waals surface area contributed by atoms with E-state index in [-0.39, 0.29) is 35.1 Å². The molecule has 0 aliphatic rings. The van der Waals surface area contributed by atoms with E-state index in [0.29, 0.717) is 21.7 Å². The average Bonchev–Trinajstić information content (AvgIpc) is 2.85. The fourth-order valence-corrected chi connectivity index (χ4v) is 3.24. The molecule has 1 amide bonds. The standard InChI is InChI=1S/C26H20ClN3O6/c1-3-35-24-14-17(5-11-23(24)36-26(32)18-6-8-20(27)9-7-18)13-19(15-28)25(31)29-21-10-4-16(2)12-22(21)30(33)34/h4-14H,3H2,1-2H3,(H,29,31)/b19-13+. The topological polar surface area (TPSA) is 132 Å². The normalized spacial score (nSPS) is 10.8. The average molecular weight is 506 g/mol. The number of ether oxygens (including phenoxy) is 2. The number of nitro benzene ring substituents is 1. The van der Waals surface area contributed by atoms with Gasteiger partial charge in [-0.2, -0.15) is 5.26 Å². The highest BCUT2D eigenvalue weighted by molar-refractivity contribution is 6.30. The number of carbonyl (C=O) groups excluding carboxylic acids is 2. The maximum Gasteiger partial charge on any atom is 0.343 e. The van der Waals surface area contributed by atoms with Crippen molar-refractivity contribution in [1.29, 1.82) is 5.26 Å². The minimum Gasteiger partial charge on any atom is -0.490 e. The zero-order chi connectivity index (χ0) is 26.2. The summed E-state index contributed by atoms with van der Waals surface area (Å²) in [5.74, 6) is -1.07. The largest absolute Gasteiger partial charge is 0.490 e. The molecule has 0 aliphatic carbocycles. The van der Waals surface area contributed by atoms with E-state index in [1.807, 2.05) is 0 Å². The first-order valence-electron chi connectivity index (χ1n) is 10.6. The van der Waals surface area contributed by atoms with Crippen LogP contribution in [0.15, 0.2) is 66.2 Å². The highest BCUT2D eigenvalue weighted by Gasteiger charge is 2.19. The number of amides is 1. The van der Waals surface area contributed by atoms with Crippen molar-refractivity contribution in [3.05, 3.63) is 98.1 Å². The molecule has 182 valence electrons. The summed E-state index contributed by atoms with van der Waals surface area (Å²) in [6.07, 6.45) is 1.29. The Morgan fingerprint density at radius 2 is 1.83 bits per heavy atom. The summed E-state index contributed by atoms with van der Waals surface area (Å²) in [7, 11) is 0. The fraction of sp³-hybridized carbons (Fsp3) is 0.115. The number of aryl methyl sites for hydroxylation is 1. The van der Waals surface area contributed by atoms with E-state index < -0.39 is 16.8 Å². The van der Waals surface area contributed by atoms with Crippen molar-refractivity contribution in [1.82, 2.24) is 0 Å². The molecule has 1 N–H and O–H groups in total. The van der Waals surface area contributed by atoms with Crippen LogP contribution in [-0.4, -0.2) is 23.4 Å². The number of esters is 1. The van der Waals surface area contributed by atoms with Crippen molar-refractivity contribution >= 4 is 40.9 Å². The Balaban J connectivity index is 1.85. The zero-order valence-electron chi connectivity index (χ0n) is 19.3. The smallest absolute Gasteiger partial charge is 0.343 e. The predicted molar refractivity (Wildman–Crippen MR) is 134 cm³/mol. The fourth-order valence-electron chi connectivity index (χ4n) is 3.12. The summed E-state index contributed by atoms with van der Waals surface area (Å²) >= 11 is 5.85. The predicted octanol–water partition coefficient (Wildman–Crippen LogP) is 5.72. The first-order valence-corrected chi connectivity index (χ1v) is 11.0. The molecule has 3 rings (SSSR count). The van der Waals surface area contributed by atoms with Crippen molar-refractivity contribution in [2.75, 3.05) is 11.9 Å². The summed E-state index contributed by atoms with van der Waals surface area (Å²) in [6.45, 7) is 3.70. The van der Waals surface area contributed by atoms with Crippen molar-refractivity contribution < 1.29 is 24.0 Å². The molecular formula is C26H20ClN3O6. The summed E-state index contributed by atoms with van der Waals surface area (Å²) < 4.78 is 11.0. The van der Waals surface area contributed by atoms with E-state index in [0.717, 1.165) is 0 Å². The molecule has 0 aromatic heterocycles. The van der Waals surface area contributed by atoms with Gasteiger partial charge in [0.2, 0.25) is 0 Å². The molecule has 0 atom stereocenters. The molecule has 0 aliphatic heterocycles. The Hall–Kier alpha value is -4.68. The molecule has 0 saturated carbocycles. The third-order valence-corrected chi connectivity index (χ3v) is 5.08. The van der Waals surface area contributed by atoms with Gasteiger partial charge in [-0.1, -0.05) is 23.7 Å². The SMILES string of the molecule is CCOc1cc(/C=C(\C#N)C(=O)Nc2ccc(C)cc2[N+](=O)[O-])ccc1OC(=O)c1ccc(Cl)cc1. The number of nitrogens with zero attached hydrogens (tertiary/aromatic N) is 2. The number of nitrogens with one attached hydrogen (secondary N) is 1. The number of nitriles is 1. The third-order valence-electron chi connectivity index (χ3n) is 4.82. The van der Waals surface area contributed by atoms with Crippen LogP contribution >= 0.6 is 11.6 Å². The lowest BCUT2D eigenvalue weighted by molar-refractivity contribution is -0.384. The van der Waals surface area contributed by atoms with E-state index in [9.17, 15) is 25.0 Å². The first kappa shape index (κ1) is 25.9. The van der Waals surface area contributed by atoms with Gasteiger partial charge in [0.15, 0.2) is 11.5 Å². The van der Waals surface area contributed by atoms with Crippen LogP contribution in [0, 0.1) is 28.4 Å². The van der Waals surface area contributed by atoms with E-state index in [1.165, 1.54) is 48.5 Å². The maximum atomic E-state index is 12.7. The summed E-state index contributed by atoms with van der Waals surface area (Å²) in [4.78, 5) is 35.9. The second-order valence-electron chi connectivity index (χ2n) is 7.44. The van der Waals surface area contributed by atoms with Gasteiger partial charge in [-0.05, 0) is 73.5 Å². The summed E-state index contributed by atoms with van der Waals surface area (Å²) in [5.41, 5.74) is 0.742. The highest BCUT2D eigenvalue weighted by Crippen LogP contribution is 2.31. The number of halogens is 1. The van der Waals surface area contributed by atoms with Crippen molar-refractivity contribution in [3.8, 4) is 17.6 Å². The number of anilines is 1. The Labute approximate surface area is 211 Å². The third kappa shape index (κ3) is 6.46. The van der Waals surface area contributed by atoms with Gasteiger partial charge in [-0.25, -0.2) is 4.79 Å². The van der Waals surface area contributed by atoms with Crippen molar-refractivity contribution in [2.24, 2.45) is 0 Å². The highest BCUT2D eigenvalue weighted by atomic mass is 35.5. The second-order valence-corrected chi connectivity index (χ2v) is 7.87. The summed E-state index contributed by atoms with van der Waals surface area (Å²) in [5, 5.41) is 23.7. The molecule has 0 bridgehead atoms. The van der Waals surface area contributed by atoms with E-state index in [2.05, 4.69) is 5.32 Å². The zero-order valence-corrected chi connectivity index (χ0v) is 20.0. The number of nitro groups is 1.